The van der Waals surface area contributed by atoms with Gasteiger partial charge < -0.3 is 20.6 Å². The van der Waals surface area contributed by atoms with Gasteiger partial charge in [-0.05, 0) is 12.5 Å². The molecule has 1 aliphatic rings. The van der Waals surface area contributed by atoms with E-state index in [1.165, 1.54) is 10.9 Å². The van der Waals surface area contributed by atoms with Crippen LogP contribution in [0.15, 0.2) is 24.5 Å². The van der Waals surface area contributed by atoms with Gasteiger partial charge in [0.25, 0.3) is 11.8 Å². The minimum atomic E-state index is -0.425. The van der Waals surface area contributed by atoms with Crippen LogP contribution in [-0.4, -0.2) is 72.4 Å². The largest absolute Gasteiger partial charge is 0.395 e. The average Bonchev–Trinajstić information content (AvgIpc) is 3.21. The monoisotopic (exact) mass is 384 g/mol. The summed E-state index contributed by atoms with van der Waals surface area (Å²) in [6.07, 6.45) is 4.06. The smallest absolute Gasteiger partial charge is 0.274 e. The lowest BCUT2D eigenvalue weighted by molar-refractivity contribution is 0.0648. The number of aryl methyl sites for hydroxylation is 1. The maximum Gasteiger partial charge on any atom is 0.274 e. The first-order chi connectivity index (χ1) is 13.6. The average molecular weight is 384 g/mol. The Labute approximate surface area is 160 Å². The van der Waals surface area contributed by atoms with Crippen molar-refractivity contribution in [3.05, 3.63) is 35.8 Å². The molecule has 0 spiro atoms. The molecule has 1 saturated heterocycles. The summed E-state index contributed by atoms with van der Waals surface area (Å²) in [7, 11) is 1.63. The first-order valence-electron chi connectivity index (χ1n) is 8.90. The third-order valence-corrected chi connectivity index (χ3v) is 4.52. The second-order valence-electron chi connectivity index (χ2n) is 6.43. The molecule has 0 atom stereocenters. The molecular weight excluding hydrogens is 364 g/mol. The summed E-state index contributed by atoms with van der Waals surface area (Å²) in [5.41, 5.74) is 1.55. The Morgan fingerprint density at radius 3 is 2.86 bits per heavy atom. The molecule has 28 heavy (non-hydrogen) atoms. The predicted octanol–water partition coefficient (Wildman–Crippen LogP) is -0.0348. The molecule has 0 radical (unpaired) electrons. The van der Waals surface area contributed by atoms with Crippen LogP contribution in [0.5, 0.6) is 0 Å². The number of anilines is 2. The Balaban J connectivity index is 1.55. The normalized spacial score (nSPS) is 13.4. The molecule has 4 heterocycles. The van der Waals surface area contributed by atoms with Gasteiger partial charge in [0.1, 0.15) is 5.69 Å². The molecule has 1 aliphatic heterocycles. The van der Waals surface area contributed by atoms with Gasteiger partial charge in [-0.3, -0.25) is 14.3 Å². The van der Waals surface area contributed by atoms with Gasteiger partial charge in [-0.1, -0.05) is 0 Å². The van der Waals surface area contributed by atoms with E-state index in [1.54, 1.807) is 34.8 Å². The van der Waals surface area contributed by atoms with E-state index in [4.69, 9.17) is 5.11 Å². The van der Waals surface area contributed by atoms with E-state index < -0.39 is 5.91 Å². The number of nitrogens with zero attached hydrogens (tertiary/aromatic N) is 6. The SMILES string of the molecule is Cn1ncc(C(=O)N2CCC2)c1C(=O)Nc1ccn2nc(NCCO)nc2c1. The highest BCUT2D eigenvalue weighted by atomic mass is 16.3. The van der Waals surface area contributed by atoms with E-state index in [0.717, 1.165) is 6.42 Å². The molecule has 146 valence electrons. The molecule has 0 aliphatic carbocycles. The first kappa shape index (κ1) is 17.9. The Morgan fingerprint density at radius 1 is 1.32 bits per heavy atom. The summed E-state index contributed by atoms with van der Waals surface area (Å²) in [5.74, 6) is -0.227. The van der Waals surface area contributed by atoms with Crippen molar-refractivity contribution in [2.45, 2.75) is 6.42 Å². The molecular formula is C17H20N8O3. The highest BCUT2D eigenvalue weighted by molar-refractivity contribution is 6.11. The molecule has 0 saturated carbocycles. The lowest BCUT2D eigenvalue weighted by Gasteiger charge is -2.30. The standard InChI is InChI=1S/C17H20N8O3/c1-23-14(12(10-19-23)16(28)24-5-2-6-24)15(27)20-11-3-7-25-13(9-11)21-17(22-25)18-4-8-26/h3,7,9-10,26H,2,4-6,8H2,1H3,(H,18,22)(H,20,27). The van der Waals surface area contributed by atoms with Crippen LogP contribution >= 0.6 is 0 Å². The highest BCUT2D eigenvalue weighted by Gasteiger charge is 2.28. The molecule has 3 N–H and O–H groups in total. The van der Waals surface area contributed by atoms with Crippen LogP contribution in [0, 0.1) is 0 Å². The van der Waals surface area contributed by atoms with Crippen LogP contribution in [0.2, 0.25) is 0 Å². The fraction of sp³-hybridized carbons (Fsp3) is 0.353. The van der Waals surface area contributed by atoms with Crippen molar-refractivity contribution in [1.29, 1.82) is 0 Å². The minimum absolute atomic E-state index is 0.0277. The number of aliphatic hydroxyl groups excluding tert-OH is 1. The number of nitrogens with one attached hydrogen (secondary N) is 2. The molecule has 2 amide bonds. The van der Waals surface area contributed by atoms with Gasteiger partial charge in [-0.2, -0.15) is 10.1 Å². The van der Waals surface area contributed by atoms with Crippen LogP contribution < -0.4 is 10.6 Å². The number of carbonyl (C=O) groups is 2. The number of amides is 2. The number of rotatable bonds is 6. The molecule has 3 aromatic rings. The number of carbonyl (C=O) groups excluding carboxylic acids is 2. The van der Waals surface area contributed by atoms with Crippen molar-refractivity contribution in [2.75, 3.05) is 36.9 Å². The van der Waals surface area contributed by atoms with Gasteiger partial charge in [-0.15, -0.1) is 5.10 Å². The van der Waals surface area contributed by atoms with E-state index in [-0.39, 0.29) is 18.2 Å². The quantitative estimate of drug-likeness (QED) is 0.544. The lowest BCUT2D eigenvalue weighted by atomic mass is 10.1. The van der Waals surface area contributed by atoms with Crippen LogP contribution in [0.3, 0.4) is 0 Å². The third-order valence-electron chi connectivity index (χ3n) is 4.52. The van der Waals surface area contributed by atoms with Crippen molar-refractivity contribution < 1.29 is 14.7 Å². The van der Waals surface area contributed by atoms with E-state index in [9.17, 15) is 9.59 Å². The van der Waals surface area contributed by atoms with Gasteiger partial charge in [0.05, 0.1) is 18.4 Å². The summed E-state index contributed by atoms with van der Waals surface area (Å²) in [5, 5.41) is 22.8. The second kappa shape index (κ2) is 7.27. The minimum Gasteiger partial charge on any atom is -0.395 e. The van der Waals surface area contributed by atoms with Crippen molar-refractivity contribution in [2.24, 2.45) is 7.05 Å². The van der Waals surface area contributed by atoms with Crippen molar-refractivity contribution in [3.8, 4) is 0 Å². The number of pyridine rings is 1. The van der Waals surface area contributed by atoms with Gasteiger partial charge >= 0.3 is 0 Å². The van der Waals surface area contributed by atoms with E-state index in [1.807, 2.05) is 0 Å². The molecule has 4 rings (SSSR count). The topological polar surface area (TPSA) is 130 Å². The van der Waals surface area contributed by atoms with Crippen LogP contribution in [0.1, 0.15) is 27.3 Å². The number of likely N-dealkylation sites (tertiary alicyclic amines) is 1. The van der Waals surface area contributed by atoms with Gasteiger partial charge in [0.15, 0.2) is 5.65 Å². The summed E-state index contributed by atoms with van der Waals surface area (Å²) in [6, 6.07) is 3.35. The summed E-state index contributed by atoms with van der Waals surface area (Å²) in [6.45, 7) is 1.71. The first-order valence-corrected chi connectivity index (χ1v) is 8.90. The number of aliphatic hydroxyl groups is 1. The zero-order valence-corrected chi connectivity index (χ0v) is 15.3. The Morgan fingerprint density at radius 2 is 2.14 bits per heavy atom. The van der Waals surface area contributed by atoms with E-state index >= 15 is 0 Å². The maximum absolute atomic E-state index is 12.8. The maximum atomic E-state index is 12.8. The van der Waals surface area contributed by atoms with Gasteiger partial charge in [0.2, 0.25) is 5.95 Å². The fourth-order valence-corrected chi connectivity index (χ4v) is 2.95. The Hall–Kier alpha value is -3.47. The predicted molar refractivity (Wildman–Crippen MR) is 100 cm³/mol. The number of hydrogen-bond donors (Lipinski definition) is 3. The summed E-state index contributed by atoms with van der Waals surface area (Å²) >= 11 is 0. The fourth-order valence-electron chi connectivity index (χ4n) is 2.95. The van der Waals surface area contributed by atoms with Crippen LogP contribution in [0.25, 0.3) is 5.65 Å². The van der Waals surface area contributed by atoms with Crippen LogP contribution in [0.4, 0.5) is 11.6 Å². The zero-order valence-electron chi connectivity index (χ0n) is 15.3. The molecule has 11 heteroatoms. The van der Waals surface area contributed by atoms with Gasteiger partial charge in [-0.25, -0.2) is 4.52 Å². The molecule has 3 aromatic heterocycles. The molecule has 1 fully saturated rings. The Kier molecular flexibility index (Phi) is 4.65. The highest BCUT2D eigenvalue weighted by Crippen LogP contribution is 2.18. The van der Waals surface area contributed by atoms with Crippen molar-refractivity contribution in [3.63, 3.8) is 0 Å². The zero-order chi connectivity index (χ0) is 19.7. The summed E-state index contributed by atoms with van der Waals surface area (Å²) < 4.78 is 2.95. The lowest BCUT2D eigenvalue weighted by Crippen LogP contribution is -2.42. The van der Waals surface area contributed by atoms with Crippen LogP contribution in [-0.2, 0) is 7.05 Å². The number of aromatic nitrogens is 5. The van der Waals surface area contributed by atoms with Crippen molar-refractivity contribution >= 4 is 29.1 Å². The van der Waals surface area contributed by atoms with E-state index in [0.29, 0.717) is 42.5 Å². The Bertz CT molecular complexity index is 1040. The van der Waals surface area contributed by atoms with Gasteiger partial charge in [0, 0.05) is 44.6 Å². The molecule has 11 nitrogen and oxygen atoms in total. The second-order valence-corrected chi connectivity index (χ2v) is 6.43. The number of fused-ring (bicyclic) bond motifs is 1. The molecule has 0 bridgehead atoms. The van der Waals surface area contributed by atoms with E-state index in [2.05, 4.69) is 25.8 Å². The van der Waals surface area contributed by atoms with Crippen molar-refractivity contribution in [1.82, 2.24) is 29.3 Å². The third kappa shape index (κ3) is 3.27. The number of hydrogen-bond acceptors (Lipinski definition) is 7. The summed E-state index contributed by atoms with van der Waals surface area (Å²) in [4.78, 5) is 31.3. The molecule has 0 unspecified atom stereocenters. The molecule has 0 aromatic carbocycles.